The predicted octanol–water partition coefficient (Wildman–Crippen LogP) is 1.20. The van der Waals surface area contributed by atoms with Crippen molar-refractivity contribution in [3.63, 3.8) is 0 Å². The molecule has 0 spiro atoms. The lowest BCUT2D eigenvalue weighted by Gasteiger charge is -2.13. The molecule has 0 aromatic carbocycles. The van der Waals surface area contributed by atoms with Gasteiger partial charge in [0.1, 0.15) is 5.76 Å². The fourth-order valence-corrected chi connectivity index (χ4v) is 1.40. The summed E-state index contributed by atoms with van der Waals surface area (Å²) in [6.07, 6.45) is 0.716. The first kappa shape index (κ1) is 15.0. The van der Waals surface area contributed by atoms with Gasteiger partial charge in [-0.05, 0) is 25.5 Å². The summed E-state index contributed by atoms with van der Waals surface area (Å²) in [6.45, 7) is 2.58. The average molecular weight is 270 g/mol. The zero-order valence-corrected chi connectivity index (χ0v) is 10.9. The van der Waals surface area contributed by atoms with Crippen LogP contribution < -0.4 is 10.6 Å². The number of amides is 2. The summed E-state index contributed by atoms with van der Waals surface area (Å²) >= 11 is 0. The maximum absolute atomic E-state index is 11.5. The van der Waals surface area contributed by atoms with Gasteiger partial charge in [-0.3, -0.25) is 0 Å². The third kappa shape index (κ3) is 5.43. The molecule has 19 heavy (non-hydrogen) atoms. The largest absolute Gasteiger partial charge is 0.475 e. The molecule has 1 rings (SSSR count). The van der Waals surface area contributed by atoms with Gasteiger partial charge in [0, 0.05) is 19.8 Å². The summed E-state index contributed by atoms with van der Waals surface area (Å²) in [6, 6.07) is 2.51. The van der Waals surface area contributed by atoms with Crippen molar-refractivity contribution in [1.82, 2.24) is 10.6 Å². The summed E-state index contributed by atoms with van der Waals surface area (Å²) in [5, 5.41) is 14.0. The number of aromatic carboxylic acids is 1. The minimum atomic E-state index is -1.14. The maximum Gasteiger partial charge on any atom is 0.371 e. The van der Waals surface area contributed by atoms with Gasteiger partial charge in [-0.2, -0.15) is 0 Å². The van der Waals surface area contributed by atoms with Crippen LogP contribution in [0.1, 0.15) is 29.7 Å². The number of rotatable bonds is 7. The molecule has 1 aromatic rings. The van der Waals surface area contributed by atoms with Gasteiger partial charge < -0.3 is 24.9 Å². The molecule has 0 aliphatic carbocycles. The van der Waals surface area contributed by atoms with Crippen molar-refractivity contribution < 1.29 is 23.8 Å². The maximum atomic E-state index is 11.5. The monoisotopic (exact) mass is 270 g/mol. The Bertz CT molecular complexity index is 430. The first-order chi connectivity index (χ1) is 9.02. The van der Waals surface area contributed by atoms with Crippen molar-refractivity contribution in [2.45, 2.75) is 25.9 Å². The van der Waals surface area contributed by atoms with E-state index >= 15 is 0 Å². The van der Waals surface area contributed by atoms with Gasteiger partial charge in [0.15, 0.2) is 0 Å². The lowest BCUT2D eigenvalue weighted by atomic mass is 10.2. The molecule has 2 amide bonds. The van der Waals surface area contributed by atoms with Crippen LogP contribution in [0.15, 0.2) is 16.5 Å². The van der Waals surface area contributed by atoms with Crippen molar-refractivity contribution in [2.24, 2.45) is 0 Å². The topological polar surface area (TPSA) is 101 Å². The normalized spacial score (nSPS) is 11.9. The summed E-state index contributed by atoms with van der Waals surface area (Å²) in [5.41, 5.74) is 0. The van der Waals surface area contributed by atoms with E-state index in [0.717, 1.165) is 0 Å². The Morgan fingerprint density at radius 2 is 2.21 bits per heavy atom. The molecule has 0 bridgehead atoms. The van der Waals surface area contributed by atoms with Crippen LogP contribution in [0.5, 0.6) is 0 Å². The number of carbonyl (C=O) groups excluding carboxylic acids is 1. The number of carbonyl (C=O) groups is 2. The number of methoxy groups -OCH3 is 1. The molecule has 0 radical (unpaired) electrons. The third-order valence-electron chi connectivity index (χ3n) is 2.43. The molecule has 1 heterocycles. The van der Waals surface area contributed by atoms with E-state index in [1.54, 1.807) is 7.11 Å². The second kappa shape index (κ2) is 7.42. The van der Waals surface area contributed by atoms with Gasteiger partial charge in [0.2, 0.25) is 5.76 Å². The van der Waals surface area contributed by atoms with Crippen molar-refractivity contribution in [3.8, 4) is 0 Å². The second-order valence-corrected chi connectivity index (χ2v) is 4.08. The van der Waals surface area contributed by atoms with Gasteiger partial charge in [-0.15, -0.1) is 0 Å². The molecule has 7 heteroatoms. The molecule has 0 aliphatic heterocycles. The molecule has 0 fully saturated rings. The highest BCUT2D eigenvalue weighted by atomic mass is 16.5. The first-order valence-corrected chi connectivity index (χ1v) is 5.88. The SMILES string of the molecule is COCCC(C)NC(=O)NCc1ccc(C(=O)O)o1. The molecule has 0 aliphatic rings. The number of carboxylic acid groups (broad SMARTS) is 1. The standard InChI is InChI=1S/C12H18N2O5/c1-8(5-6-18-2)14-12(17)13-7-9-3-4-10(19-9)11(15)16/h3-4,8H,5-7H2,1-2H3,(H,15,16)(H2,13,14,17). The minimum Gasteiger partial charge on any atom is -0.475 e. The summed E-state index contributed by atoms with van der Waals surface area (Å²) in [5.74, 6) is -0.897. The van der Waals surface area contributed by atoms with E-state index in [9.17, 15) is 9.59 Å². The van der Waals surface area contributed by atoms with Crippen LogP contribution in [-0.4, -0.2) is 36.9 Å². The van der Waals surface area contributed by atoms with Gasteiger partial charge >= 0.3 is 12.0 Å². The summed E-state index contributed by atoms with van der Waals surface area (Å²) in [7, 11) is 1.60. The van der Waals surface area contributed by atoms with Crippen molar-refractivity contribution in [2.75, 3.05) is 13.7 Å². The minimum absolute atomic E-state index is 0.00821. The second-order valence-electron chi connectivity index (χ2n) is 4.08. The van der Waals surface area contributed by atoms with Crippen LogP contribution in [0.3, 0.4) is 0 Å². The van der Waals surface area contributed by atoms with Crippen LogP contribution in [0, 0.1) is 0 Å². The van der Waals surface area contributed by atoms with Crippen LogP contribution >= 0.6 is 0 Å². The van der Waals surface area contributed by atoms with Crippen molar-refractivity contribution >= 4 is 12.0 Å². The highest BCUT2D eigenvalue weighted by molar-refractivity contribution is 5.84. The Kier molecular flexibility index (Phi) is 5.87. The zero-order chi connectivity index (χ0) is 14.3. The van der Waals surface area contributed by atoms with E-state index in [-0.39, 0.29) is 24.4 Å². The number of ether oxygens (including phenoxy) is 1. The highest BCUT2D eigenvalue weighted by Gasteiger charge is 2.10. The zero-order valence-electron chi connectivity index (χ0n) is 10.9. The lowest BCUT2D eigenvalue weighted by molar-refractivity contribution is 0.0660. The number of nitrogens with one attached hydrogen (secondary N) is 2. The number of hydrogen-bond donors (Lipinski definition) is 3. The van der Waals surface area contributed by atoms with E-state index in [2.05, 4.69) is 10.6 Å². The predicted molar refractivity (Wildman–Crippen MR) is 67.0 cm³/mol. The fraction of sp³-hybridized carbons (Fsp3) is 0.500. The highest BCUT2D eigenvalue weighted by Crippen LogP contribution is 2.07. The number of hydrogen-bond acceptors (Lipinski definition) is 4. The molecule has 7 nitrogen and oxygen atoms in total. The Labute approximate surface area is 110 Å². The Morgan fingerprint density at radius 1 is 1.47 bits per heavy atom. The number of urea groups is 1. The van der Waals surface area contributed by atoms with Crippen LogP contribution in [0.25, 0.3) is 0 Å². The molecule has 106 valence electrons. The Balaban J connectivity index is 2.31. The van der Waals surface area contributed by atoms with E-state index in [0.29, 0.717) is 18.8 Å². The van der Waals surface area contributed by atoms with E-state index in [1.807, 2.05) is 6.92 Å². The fourth-order valence-electron chi connectivity index (χ4n) is 1.40. The quantitative estimate of drug-likeness (QED) is 0.691. The first-order valence-electron chi connectivity index (χ1n) is 5.88. The smallest absolute Gasteiger partial charge is 0.371 e. The molecule has 1 aromatic heterocycles. The molecule has 1 atom stereocenters. The molecule has 3 N–H and O–H groups in total. The van der Waals surface area contributed by atoms with E-state index in [1.165, 1.54) is 12.1 Å². The summed E-state index contributed by atoms with van der Waals surface area (Å²) in [4.78, 5) is 22.1. The van der Waals surface area contributed by atoms with Gasteiger partial charge in [0.25, 0.3) is 0 Å². The number of furan rings is 1. The van der Waals surface area contributed by atoms with Crippen molar-refractivity contribution in [1.29, 1.82) is 0 Å². The Hall–Kier alpha value is -2.02. The average Bonchev–Trinajstić information content (AvgIpc) is 2.83. The van der Waals surface area contributed by atoms with Gasteiger partial charge in [-0.25, -0.2) is 9.59 Å². The van der Waals surface area contributed by atoms with E-state index in [4.69, 9.17) is 14.3 Å². The van der Waals surface area contributed by atoms with Crippen molar-refractivity contribution in [3.05, 3.63) is 23.7 Å². The number of carboxylic acids is 1. The molecule has 1 unspecified atom stereocenters. The molecule has 0 saturated carbocycles. The van der Waals surface area contributed by atoms with Gasteiger partial charge in [0.05, 0.1) is 6.54 Å². The lowest BCUT2D eigenvalue weighted by Crippen LogP contribution is -2.40. The van der Waals surface area contributed by atoms with Crippen LogP contribution in [-0.2, 0) is 11.3 Å². The molecular weight excluding hydrogens is 252 g/mol. The third-order valence-corrected chi connectivity index (χ3v) is 2.43. The molecule has 0 saturated heterocycles. The van der Waals surface area contributed by atoms with Gasteiger partial charge in [-0.1, -0.05) is 0 Å². The summed E-state index contributed by atoms with van der Waals surface area (Å²) < 4.78 is 9.91. The van der Waals surface area contributed by atoms with Crippen LogP contribution in [0.4, 0.5) is 4.79 Å². The van der Waals surface area contributed by atoms with E-state index < -0.39 is 5.97 Å². The van der Waals surface area contributed by atoms with Crippen LogP contribution in [0.2, 0.25) is 0 Å². The Morgan fingerprint density at radius 3 is 2.79 bits per heavy atom. The molecular formula is C12H18N2O5.